The van der Waals surface area contributed by atoms with Gasteiger partial charge in [-0.05, 0) is 25.7 Å². The van der Waals surface area contributed by atoms with Crippen LogP contribution < -0.4 is 0 Å². The van der Waals surface area contributed by atoms with E-state index in [0.717, 1.165) is 12.8 Å². The molecule has 1 unspecified atom stereocenters. The van der Waals surface area contributed by atoms with Gasteiger partial charge in [0.25, 0.3) is 5.89 Å². The molecule has 1 aromatic heterocycles. The van der Waals surface area contributed by atoms with Crippen molar-refractivity contribution in [3.8, 4) is 0 Å². The minimum atomic E-state index is -0.0996. The summed E-state index contributed by atoms with van der Waals surface area (Å²) in [6, 6.07) is 0. The van der Waals surface area contributed by atoms with Gasteiger partial charge >= 0.3 is 0 Å². The van der Waals surface area contributed by atoms with Crippen LogP contribution in [-0.2, 0) is 4.74 Å². The number of carbonyl (C=O) groups excluding carboxylic acids is 1. The number of ether oxygens (including phenoxy) is 1. The molecule has 1 aromatic rings. The maximum atomic E-state index is 10.3. The third kappa shape index (κ3) is 1.82. The van der Waals surface area contributed by atoms with Crippen LogP contribution in [0.4, 0.5) is 0 Å². The summed E-state index contributed by atoms with van der Waals surface area (Å²) in [4.78, 5) is 14.3. The molecular weight excluding hydrogens is 184 g/mol. The fourth-order valence-corrected chi connectivity index (χ4v) is 1.41. The molecule has 1 aliphatic carbocycles. The van der Waals surface area contributed by atoms with E-state index in [1.54, 1.807) is 0 Å². The standard InChI is InChI=1S/C9H12N2O3/c1-2-13-8(6-3-4-6)9-10-7(5-12)14-11-9/h5-6,8H,2-4H2,1H3. The van der Waals surface area contributed by atoms with Gasteiger partial charge in [0, 0.05) is 6.61 Å². The van der Waals surface area contributed by atoms with Gasteiger partial charge in [0.2, 0.25) is 12.1 Å². The summed E-state index contributed by atoms with van der Waals surface area (Å²) in [6.45, 7) is 2.54. The Balaban J connectivity index is 2.12. The van der Waals surface area contributed by atoms with Crippen molar-refractivity contribution < 1.29 is 14.1 Å². The minimum Gasteiger partial charge on any atom is -0.370 e. The average molecular weight is 196 g/mol. The summed E-state index contributed by atoms with van der Waals surface area (Å²) < 4.78 is 10.2. The third-order valence-electron chi connectivity index (χ3n) is 2.21. The predicted octanol–water partition coefficient (Wildman–Crippen LogP) is 1.37. The van der Waals surface area contributed by atoms with Crippen molar-refractivity contribution in [3.63, 3.8) is 0 Å². The van der Waals surface area contributed by atoms with E-state index in [1.165, 1.54) is 0 Å². The molecule has 0 radical (unpaired) electrons. The maximum Gasteiger partial charge on any atom is 0.290 e. The van der Waals surface area contributed by atoms with E-state index in [2.05, 4.69) is 10.1 Å². The quantitative estimate of drug-likeness (QED) is 0.665. The largest absolute Gasteiger partial charge is 0.370 e. The van der Waals surface area contributed by atoms with E-state index in [-0.39, 0.29) is 12.0 Å². The molecule has 0 bridgehead atoms. The van der Waals surface area contributed by atoms with Gasteiger partial charge in [0.1, 0.15) is 6.10 Å². The highest BCUT2D eigenvalue weighted by atomic mass is 16.5. The van der Waals surface area contributed by atoms with Crippen molar-refractivity contribution in [2.45, 2.75) is 25.9 Å². The molecule has 0 N–H and O–H groups in total. The van der Waals surface area contributed by atoms with E-state index < -0.39 is 0 Å². The van der Waals surface area contributed by atoms with Gasteiger partial charge in [0.05, 0.1) is 0 Å². The van der Waals surface area contributed by atoms with E-state index in [0.29, 0.717) is 24.6 Å². The minimum absolute atomic E-state index is 0.0188. The molecule has 1 atom stereocenters. The summed E-state index contributed by atoms with van der Waals surface area (Å²) in [5.74, 6) is 1.01. The first-order chi connectivity index (χ1) is 6.85. The molecule has 14 heavy (non-hydrogen) atoms. The molecule has 5 nitrogen and oxygen atoms in total. The van der Waals surface area contributed by atoms with Gasteiger partial charge in [-0.1, -0.05) is 5.16 Å². The van der Waals surface area contributed by atoms with Gasteiger partial charge < -0.3 is 9.26 Å². The van der Waals surface area contributed by atoms with Crippen molar-refractivity contribution in [1.82, 2.24) is 10.1 Å². The number of nitrogens with zero attached hydrogens (tertiary/aromatic N) is 2. The molecular formula is C9H12N2O3. The smallest absolute Gasteiger partial charge is 0.290 e. The Morgan fingerprint density at radius 3 is 3.00 bits per heavy atom. The van der Waals surface area contributed by atoms with E-state index in [1.807, 2.05) is 6.92 Å². The predicted molar refractivity (Wildman–Crippen MR) is 46.8 cm³/mol. The molecule has 1 saturated carbocycles. The average Bonchev–Trinajstić information content (AvgIpc) is 2.92. The number of hydrogen-bond acceptors (Lipinski definition) is 5. The Kier molecular flexibility index (Phi) is 2.58. The normalized spacial score (nSPS) is 18.1. The van der Waals surface area contributed by atoms with Crippen LogP contribution in [0.2, 0.25) is 0 Å². The van der Waals surface area contributed by atoms with Crippen LogP contribution in [0.15, 0.2) is 4.52 Å². The zero-order valence-electron chi connectivity index (χ0n) is 7.97. The van der Waals surface area contributed by atoms with Crippen molar-refractivity contribution >= 4 is 6.29 Å². The first-order valence-electron chi connectivity index (χ1n) is 4.75. The van der Waals surface area contributed by atoms with Crippen molar-refractivity contribution in [2.75, 3.05) is 6.61 Å². The second-order valence-corrected chi connectivity index (χ2v) is 3.32. The molecule has 0 spiro atoms. The highest BCUT2D eigenvalue weighted by Crippen LogP contribution is 2.42. The zero-order chi connectivity index (χ0) is 9.97. The van der Waals surface area contributed by atoms with Crippen LogP contribution in [0.25, 0.3) is 0 Å². The van der Waals surface area contributed by atoms with E-state index >= 15 is 0 Å². The number of aromatic nitrogens is 2. The zero-order valence-corrected chi connectivity index (χ0v) is 7.97. The second-order valence-electron chi connectivity index (χ2n) is 3.32. The lowest BCUT2D eigenvalue weighted by atomic mass is 10.2. The lowest BCUT2D eigenvalue weighted by Crippen LogP contribution is -2.08. The topological polar surface area (TPSA) is 65.2 Å². The molecule has 0 aliphatic heterocycles. The van der Waals surface area contributed by atoms with E-state index in [9.17, 15) is 4.79 Å². The lowest BCUT2D eigenvalue weighted by Gasteiger charge is -2.10. The number of aldehydes is 1. The van der Waals surface area contributed by atoms with Gasteiger partial charge in [-0.15, -0.1) is 0 Å². The monoisotopic (exact) mass is 196 g/mol. The van der Waals surface area contributed by atoms with Crippen LogP contribution >= 0.6 is 0 Å². The Labute approximate surface area is 81.4 Å². The lowest BCUT2D eigenvalue weighted by molar-refractivity contribution is 0.0384. The van der Waals surface area contributed by atoms with Crippen molar-refractivity contribution in [2.24, 2.45) is 5.92 Å². The van der Waals surface area contributed by atoms with Crippen molar-refractivity contribution in [1.29, 1.82) is 0 Å². The molecule has 1 aliphatic rings. The Morgan fingerprint density at radius 2 is 2.50 bits per heavy atom. The highest BCUT2D eigenvalue weighted by Gasteiger charge is 2.36. The first-order valence-corrected chi connectivity index (χ1v) is 4.75. The van der Waals surface area contributed by atoms with Gasteiger partial charge in [-0.25, -0.2) is 0 Å². The van der Waals surface area contributed by atoms with Crippen molar-refractivity contribution in [3.05, 3.63) is 11.7 Å². The summed E-state index contributed by atoms with van der Waals surface area (Å²) in [5.41, 5.74) is 0. The second kappa shape index (κ2) is 3.88. The molecule has 76 valence electrons. The highest BCUT2D eigenvalue weighted by molar-refractivity contribution is 5.66. The Hall–Kier alpha value is -1.23. The first kappa shape index (κ1) is 9.33. The van der Waals surface area contributed by atoms with Crippen LogP contribution in [-0.4, -0.2) is 23.0 Å². The molecule has 2 rings (SSSR count). The summed E-state index contributed by atoms with van der Waals surface area (Å²) in [6.07, 6.45) is 2.72. The molecule has 1 heterocycles. The van der Waals surface area contributed by atoms with Crippen LogP contribution in [0.1, 0.15) is 42.4 Å². The molecule has 0 saturated heterocycles. The van der Waals surface area contributed by atoms with Gasteiger partial charge in [-0.3, -0.25) is 4.79 Å². The Morgan fingerprint density at radius 1 is 1.71 bits per heavy atom. The van der Waals surface area contributed by atoms with E-state index in [4.69, 9.17) is 9.26 Å². The maximum absolute atomic E-state index is 10.3. The summed E-state index contributed by atoms with van der Waals surface area (Å²) in [5, 5.41) is 3.72. The molecule has 0 aromatic carbocycles. The summed E-state index contributed by atoms with van der Waals surface area (Å²) >= 11 is 0. The fourth-order valence-electron chi connectivity index (χ4n) is 1.41. The molecule has 0 amide bonds. The van der Waals surface area contributed by atoms with Gasteiger partial charge in [0.15, 0.2) is 0 Å². The fraction of sp³-hybridized carbons (Fsp3) is 0.667. The van der Waals surface area contributed by atoms with Crippen LogP contribution in [0.3, 0.4) is 0 Å². The number of carbonyl (C=O) groups is 1. The SMILES string of the molecule is CCOC(c1noc(C=O)n1)C1CC1. The summed E-state index contributed by atoms with van der Waals surface area (Å²) in [7, 11) is 0. The molecule has 1 fully saturated rings. The van der Waals surface area contributed by atoms with Gasteiger partial charge in [-0.2, -0.15) is 4.98 Å². The number of hydrogen-bond donors (Lipinski definition) is 0. The van der Waals surface area contributed by atoms with Crippen LogP contribution in [0, 0.1) is 5.92 Å². The number of rotatable bonds is 5. The van der Waals surface area contributed by atoms with Crippen LogP contribution in [0.5, 0.6) is 0 Å². The Bertz CT molecular complexity index is 320. The molecule has 5 heteroatoms. The third-order valence-corrected chi connectivity index (χ3v) is 2.21.